The Kier molecular flexibility index (Phi) is 7.07. The first kappa shape index (κ1) is 25.4. The van der Waals surface area contributed by atoms with Crippen LogP contribution >= 0.6 is 23.2 Å². The minimum absolute atomic E-state index is 0.0540. The summed E-state index contributed by atoms with van der Waals surface area (Å²) in [5.74, 6) is -1.48. The standard InChI is InChI=1S/C27H26Cl2N4O4/c1-3-6-21-22(26(35)33(30-21)17-9-10-19(28)20(29)13-17)23-24(31-11-4-7-16(2)14-31)27(36)32(25(23)34)15-18-8-5-12-37-18/h4,7,9-11,13-14,18H,3,5-6,8,12,15H2,1-2H3. The third kappa shape index (κ3) is 4.65. The second kappa shape index (κ2) is 10.3. The highest BCUT2D eigenvalue weighted by molar-refractivity contribution is 6.45. The van der Waals surface area contributed by atoms with Gasteiger partial charge in [-0.25, -0.2) is 4.68 Å². The van der Waals surface area contributed by atoms with Crippen molar-refractivity contribution in [2.75, 3.05) is 13.2 Å². The molecule has 1 atom stereocenters. The van der Waals surface area contributed by atoms with Crippen LogP contribution in [0.3, 0.4) is 0 Å². The molecule has 5 rings (SSSR count). The third-order valence-electron chi connectivity index (χ3n) is 6.56. The van der Waals surface area contributed by atoms with Gasteiger partial charge in [-0.1, -0.05) is 36.5 Å². The Morgan fingerprint density at radius 1 is 1.19 bits per heavy atom. The summed E-state index contributed by atoms with van der Waals surface area (Å²) in [5, 5.41) is 19.1. The molecule has 0 bridgehead atoms. The molecule has 2 aliphatic rings. The summed E-state index contributed by atoms with van der Waals surface area (Å²) < 4.78 is 8.54. The first-order valence-electron chi connectivity index (χ1n) is 12.2. The molecule has 1 saturated heterocycles. The van der Waals surface area contributed by atoms with Crippen LogP contribution in [0.1, 0.15) is 43.0 Å². The molecule has 2 aromatic heterocycles. The van der Waals surface area contributed by atoms with Crippen molar-refractivity contribution in [2.45, 2.75) is 45.6 Å². The van der Waals surface area contributed by atoms with Crippen LogP contribution in [0.25, 0.3) is 17.0 Å². The Labute approximate surface area is 224 Å². The van der Waals surface area contributed by atoms with Gasteiger partial charge in [-0.15, -0.1) is 0 Å². The summed E-state index contributed by atoms with van der Waals surface area (Å²) in [5.41, 5.74) is 2.08. The number of nitrogens with zero attached hydrogens (tertiary/aromatic N) is 4. The molecule has 0 N–H and O–H groups in total. The molecule has 0 aliphatic carbocycles. The van der Waals surface area contributed by atoms with Gasteiger partial charge < -0.3 is 9.84 Å². The molecule has 1 fully saturated rings. The molecular weight excluding hydrogens is 515 g/mol. The summed E-state index contributed by atoms with van der Waals surface area (Å²) in [6.07, 6.45) is 6.02. The average molecular weight is 541 g/mol. The van der Waals surface area contributed by atoms with E-state index in [1.807, 2.05) is 19.9 Å². The number of pyridine rings is 1. The number of aromatic nitrogens is 3. The maximum Gasteiger partial charge on any atom is 0.327 e. The van der Waals surface area contributed by atoms with E-state index in [2.05, 4.69) is 5.10 Å². The van der Waals surface area contributed by atoms with E-state index in [1.165, 1.54) is 9.58 Å². The second-order valence-corrected chi connectivity index (χ2v) is 10.1. The van der Waals surface area contributed by atoms with E-state index < -0.39 is 17.7 Å². The number of hydrogen-bond donors (Lipinski definition) is 0. The molecule has 8 nitrogen and oxygen atoms in total. The van der Waals surface area contributed by atoms with Gasteiger partial charge in [-0.2, -0.15) is 9.67 Å². The fourth-order valence-corrected chi connectivity index (χ4v) is 5.11. The van der Waals surface area contributed by atoms with E-state index in [9.17, 15) is 14.7 Å². The Balaban J connectivity index is 1.71. The van der Waals surface area contributed by atoms with Crippen LogP contribution in [0.2, 0.25) is 10.0 Å². The molecule has 0 spiro atoms. The van der Waals surface area contributed by atoms with Crippen LogP contribution in [0.5, 0.6) is 5.88 Å². The lowest BCUT2D eigenvalue weighted by atomic mass is 10.0. The average Bonchev–Trinajstić information content (AvgIpc) is 3.55. The van der Waals surface area contributed by atoms with Crippen LogP contribution in [0.4, 0.5) is 0 Å². The van der Waals surface area contributed by atoms with E-state index in [0.29, 0.717) is 35.9 Å². The highest BCUT2D eigenvalue weighted by Gasteiger charge is 2.47. The van der Waals surface area contributed by atoms with Crippen molar-refractivity contribution < 1.29 is 24.0 Å². The predicted octanol–water partition coefficient (Wildman–Crippen LogP) is 3.72. The van der Waals surface area contributed by atoms with Crippen molar-refractivity contribution in [3.8, 4) is 11.6 Å². The van der Waals surface area contributed by atoms with Crippen LogP contribution in [0.15, 0.2) is 42.7 Å². The SMILES string of the molecule is CCCc1nn(-c2ccc(Cl)c(Cl)c2)c([O-])c1C1=C([n+]2cccc(C)c2)C(=O)N(CC2CCCO2)C1=O. The van der Waals surface area contributed by atoms with Gasteiger partial charge in [-0.05, 0) is 56.3 Å². The number of imide groups is 1. The monoisotopic (exact) mass is 540 g/mol. The lowest BCUT2D eigenvalue weighted by Gasteiger charge is -2.18. The Morgan fingerprint density at radius 2 is 2.00 bits per heavy atom. The van der Waals surface area contributed by atoms with Crippen molar-refractivity contribution in [2.24, 2.45) is 0 Å². The fraction of sp³-hybridized carbons (Fsp3) is 0.333. The zero-order valence-corrected chi connectivity index (χ0v) is 22.1. The minimum Gasteiger partial charge on any atom is -0.858 e. The van der Waals surface area contributed by atoms with Crippen molar-refractivity contribution in [1.82, 2.24) is 14.7 Å². The van der Waals surface area contributed by atoms with E-state index in [1.54, 1.807) is 41.2 Å². The van der Waals surface area contributed by atoms with E-state index in [0.717, 1.165) is 18.4 Å². The Hall–Kier alpha value is -3.20. The number of hydrogen-bond acceptors (Lipinski definition) is 5. The van der Waals surface area contributed by atoms with E-state index >= 15 is 0 Å². The molecule has 2 aliphatic heterocycles. The summed E-state index contributed by atoms with van der Waals surface area (Å²) in [7, 11) is 0. The van der Waals surface area contributed by atoms with Crippen molar-refractivity contribution in [3.05, 3.63) is 69.6 Å². The van der Waals surface area contributed by atoms with Gasteiger partial charge in [-0.3, -0.25) is 14.5 Å². The molecule has 1 unspecified atom stereocenters. The van der Waals surface area contributed by atoms with Crippen molar-refractivity contribution >= 4 is 46.3 Å². The Morgan fingerprint density at radius 3 is 2.68 bits per heavy atom. The normalized spacial score (nSPS) is 17.9. The number of carbonyl (C=O) groups is 2. The van der Waals surface area contributed by atoms with Gasteiger partial charge in [0.15, 0.2) is 12.4 Å². The minimum atomic E-state index is -0.521. The van der Waals surface area contributed by atoms with Gasteiger partial charge in [0.1, 0.15) is 5.57 Å². The Bertz CT molecular complexity index is 1430. The van der Waals surface area contributed by atoms with Crippen LogP contribution in [-0.4, -0.2) is 45.8 Å². The van der Waals surface area contributed by atoms with Crippen molar-refractivity contribution in [1.29, 1.82) is 0 Å². The summed E-state index contributed by atoms with van der Waals surface area (Å²) >= 11 is 12.3. The third-order valence-corrected chi connectivity index (χ3v) is 7.30. The summed E-state index contributed by atoms with van der Waals surface area (Å²) in [6, 6.07) is 8.46. The van der Waals surface area contributed by atoms with E-state index in [-0.39, 0.29) is 34.5 Å². The highest BCUT2D eigenvalue weighted by Crippen LogP contribution is 2.38. The quantitative estimate of drug-likeness (QED) is 0.336. The molecule has 4 heterocycles. The zero-order valence-electron chi connectivity index (χ0n) is 20.5. The van der Waals surface area contributed by atoms with E-state index in [4.69, 9.17) is 27.9 Å². The molecule has 192 valence electrons. The van der Waals surface area contributed by atoms with Gasteiger partial charge in [0.05, 0.1) is 34.1 Å². The number of amides is 2. The molecular formula is C27H26Cl2N4O4. The second-order valence-electron chi connectivity index (χ2n) is 9.26. The predicted molar refractivity (Wildman–Crippen MR) is 137 cm³/mol. The van der Waals surface area contributed by atoms with Gasteiger partial charge >= 0.3 is 5.91 Å². The number of benzene rings is 1. The van der Waals surface area contributed by atoms with Crippen LogP contribution in [0, 0.1) is 6.92 Å². The summed E-state index contributed by atoms with van der Waals surface area (Å²) in [4.78, 5) is 28.8. The lowest BCUT2D eigenvalue weighted by Crippen LogP contribution is -2.42. The topological polar surface area (TPSA) is 91.4 Å². The molecule has 0 saturated carbocycles. The molecule has 37 heavy (non-hydrogen) atoms. The first-order valence-corrected chi connectivity index (χ1v) is 13.0. The number of halogens is 2. The number of ether oxygens (including phenoxy) is 1. The lowest BCUT2D eigenvalue weighted by molar-refractivity contribution is -0.577. The number of rotatable bonds is 7. The smallest absolute Gasteiger partial charge is 0.327 e. The summed E-state index contributed by atoms with van der Waals surface area (Å²) in [6.45, 7) is 4.59. The number of carbonyl (C=O) groups excluding carboxylic acids is 2. The highest BCUT2D eigenvalue weighted by atomic mass is 35.5. The largest absolute Gasteiger partial charge is 0.858 e. The van der Waals surface area contributed by atoms with Gasteiger partial charge in [0.25, 0.3) is 11.6 Å². The maximum atomic E-state index is 13.9. The molecule has 1 aromatic carbocycles. The zero-order chi connectivity index (χ0) is 26.3. The molecule has 2 amide bonds. The maximum absolute atomic E-state index is 13.9. The molecule has 3 aromatic rings. The molecule has 0 radical (unpaired) electrons. The van der Waals surface area contributed by atoms with Gasteiger partial charge in [0, 0.05) is 23.8 Å². The first-order chi connectivity index (χ1) is 17.8. The van der Waals surface area contributed by atoms with Gasteiger partial charge in [0.2, 0.25) is 0 Å². The van der Waals surface area contributed by atoms with Crippen LogP contribution < -0.4 is 9.67 Å². The fourth-order valence-electron chi connectivity index (χ4n) is 4.82. The van der Waals surface area contributed by atoms with Crippen molar-refractivity contribution in [3.63, 3.8) is 0 Å². The number of aryl methyl sites for hydroxylation is 2. The molecule has 10 heteroatoms. The van der Waals surface area contributed by atoms with Crippen LogP contribution in [-0.2, 0) is 20.7 Å².